The summed E-state index contributed by atoms with van der Waals surface area (Å²) in [6.45, 7) is 2.13. The van der Waals surface area contributed by atoms with E-state index in [-0.39, 0.29) is 0 Å². The number of rotatable bonds is 0. The number of H-pyrrole nitrogens is 1. The van der Waals surface area contributed by atoms with Crippen molar-refractivity contribution in [3.05, 3.63) is 33.5 Å². The fourth-order valence-corrected chi connectivity index (χ4v) is 1.66. The van der Waals surface area contributed by atoms with Gasteiger partial charge in [-0.05, 0) is 58.7 Å². The second-order valence-electron chi connectivity index (χ2n) is 2.67. The van der Waals surface area contributed by atoms with Gasteiger partial charge < -0.3 is 4.98 Å². The topological polar surface area (TPSA) is 15.8 Å². The molecule has 0 unspecified atom stereocenters. The first kappa shape index (κ1) is 7.16. The van der Waals surface area contributed by atoms with E-state index in [9.17, 15) is 0 Å². The third-order valence-corrected chi connectivity index (χ3v) is 2.99. The highest BCUT2D eigenvalue weighted by molar-refractivity contribution is 14.1. The van der Waals surface area contributed by atoms with Crippen LogP contribution in [0.25, 0.3) is 10.9 Å². The van der Waals surface area contributed by atoms with E-state index in [0.717, 1.165) is 0 Å². The lowest BCUT2D eigenvalue weighted by Crippen LogP contribution is -1.78. The molecular weight excluding hydrogens is 249 g/mol. The minimum atomic E-state index is 1.22. The lowest BCUT2D eigenvalue weighted by molar-refractivity contribution is 1.43. The second-order valence-corrected chi connectivity index (χ2v) is 3.83. The lowest BCUT2D eigenvalue weighted by atomic mass is 10.2. The highest BCUT2D eigenvalue weighted by Crippen LogP contribution is 2.19. The molecule has 1 aromatic heterocycles. The van der Waals surface area contributed by atoms with Crippen LogP contribution in [0.2, 0.25) is 0 Å². The van der Waals surface area contributed by atoms with Gasteiger partial charge >= 0.3 is 0 Å². The molecule has 0 saturated heterocycles. The molecule has 2 aromatic rings. The van der Waals surface area contributed by atoms with Gasteiger partial charge in [-0.2, -0.15) is 0 Å². The maximum Gasteiger partial charge on any atom is 0.0464 e. The Morgan fingerprint density at radius 2 is 2.18 bits per heavy atom. The predicted octanol–water partition coefficient (Wildman–Crippen LogP) is 3.08. The quantitative estimate of drug-likeness (QED) is 0.698. The molecule has 0 amide bonds. The molecule has 0 spiro atoms. The van der Waals surface area contributed by atoms with Gasteiger partial charge in [0.1, 0.15) is 0 Å². The minimum Gasteiger partial charge on any atom is -0.361 e. The maximum atomic E-state index is 3.18. The van der Waals surface area contributed by atoms with Crippen LogP contribution in [0.1, 0.15) is 5.56 Å². The molecule has 0 aliphatic carbocycles. The van der Waals surface area contributed by atoms with E-state index in [2.05, 4.69) is 52.7 Å². The largest absolute Gasteiger partial charge is 0.361 e. The van der Waals surface area contributed by atoms with Crippen molar-refractivity contribution in [1.82, 2.24) is 4.98 Å². The lowest BCUT2D eigenvalue weighted by Gasteiger charge is -1.96. The molecule has 0 saturated carbocycles. The summed E-state index contributed by atoms with van der Waals surface area (Å²) in [7, 11) is 0. The smallest absolute Gasteiger partial charge is 0.0464 e. The molecule has 0 atom stereocenters. The molecule has 0 bridgehead atoms. The Morgan fingerprint density at radius 3 is 3.00 bits per heavy atom. The van der Waals surface area contributed by atoms with Gasteiger partial charge in [0.2, 0.25) is 0 Å². The summed E-state index contributed by atoms with van der Waals surface area (Å²) in [4.78, 5) is 3.18. The first-order chi connectivity index (χ1) is 5.27. The van der Waals surface area contributed by atoms with E-state index >= 15 is 0 Å². The number of fused-ring (bicyclic) bond motifs is 1. The first-order valence-electron chi connectivity index (χ1n) is 3.50. The van der Waals surface area contributed by atoms with Crippen LogP contribution in [0.3, 0.4) is 0 Å². The van der Waals surface area contributed by atoms with E-state index in [0.29, 0.717) is 0 Å². The number of aromatic nitrogens is 1. The van der Waals surface area contributed by atoms with Crippen LogP contribution >= 0.6 is 22.6 Å². The van der Waals surface area contributed by atoms with Gasteiger partial charge in [-0.3, -0.25) is 0 Å². The van der Waals surface area contributed by atoms with Gasteiger partial charge in [-0.25, -0.2) is 0 Å². The Bertz CT molecular complexity index is 353. The number of nitrogens with one attached hydrogen (secondary N) is 1. The number of halogens is 1. The van der Waals surface area contributed by atoms with Crippen LogP contribution in [0.4, 0.5) is 0 Å². The third kappa shape index (κ3) is 1.15. The summed E-state index contributed by atoms with van der Waals surface area (Å²) in [6.07, 6.45) is 1.97. The van der Waals surface area contributed by atoms with Crippen LogP contribution in [0.15, 0.2) is 24.4 Å². The van der Waals surface area contributed by atoms with Crippen molar-refractivity contribution in [2.24, 2.45) is 0 Å². The Labute approximate surface area is 78.9 Å². The molecular formula is C9H8IN. The van der Waals surface area contributed by atoms with Crippen molar-refractivity contribution in [3.8, 4) is 0 Å². The molecule has 1 nitrogen and oxygen atoms in total. The highest BCUT2D eigenvalue weighted by Gasteiger charge is 1.97. The summed E-state index contributed by atoms with van der Waals surface area (Å²) in [5.41, 5.74) is 2.57. The minimum absolute atomic E-state index is 1.22. The summed E-state index contributed by atoms with van der Waals surface area (Å²) < 4.78 is 1.32. The summed E-state index contributed by atoms with van der Waals surface area (Å²) in [5.74, 6) is 0. The monoisotopic (exact) mass is 257 g/mol. The standard InChI is InChI=1S/C9H8IN/c1-6-4-7-2-3-11-9(7)5-8(6)10/h2-5,11H,1H3. The van der Waals surface area contributed by atoms with E-state index in [4.69, 9.17) is 0 Å². The van der Waals surface area contributed by atoms with Gasteiger partial charge in [0.25, 0.3) is 0 Å². The van der Waals surface area contributed by atoms with Crippen molar-refractivity contribution in [2.75, 3.05) is 0 Å². The Hall–Kier alpha value is -0.510. The van der Waals surface area contributed by atoms with Crippen molar-refractivity contribution in [1.29, 1.82) is 0 Å². The predicted molar refractivity (Wildman–Crippen MR) is 55.8 cm³/mol. The molecule has 0 radical (unpaired) electrons. The molecule has 0 fully saturated rings. The van der Waals surface area contributed by atoms with Crippen molar-refractivity contribution >= 4 is 33.5 Å². The van der Waals surface area contributed by atoms with Gasteiger partial charge in [-0.15, -0.1) is 0 Å². The average molecular weight is 257 g/mol. The molecule has 56 valence electrons. The highest BCUT2D eigenvalue weighted by atomic mass is 127. The van der Waals surface area contributed by atoms with Crippen LogP contribution in [-0.4, -0.2) is 4.98 Å². The summed E-state index contributed by atoms with van der Waals surface area (Å²) in [5, 5.41) is 1.29. The molecule has 1 heterocycles. The SMILES string of the molecule is Cc1cc2cc[nH]c2cc1I. The zero-order chi connectivity index (χ0) is 7.84. The number of hydrogen-bond acceptors (Lipinski definition) is 0. The van der Waals surface area contributed by atoms with E-state index in [1.54, 1.807) is 0 Å². The molecule has 1 aromatic carbocycles. The Balaban J connectivity index is 2.86. The normalized spacial score (nSPS) is 10.7. The number of aromatic amines is 1. The summed E-state index contributed by atoms with van der Waals surface area (Å²) >= 11 is 2.35. The van der Waals surface area contributed by atoms with Crippen molar-refractivity contribution < 1.29 is 0 Å². The van der Waals surface area contributed by atoms with Crippen LogP contribution in [0.5, 0.6) is 0 Å². The van der Waals surface area contributed by atoms with E-state index < -0.39 is 0 Å². The Morgan fingerprint density at radius 1 is 1.36 bits per heavy atom. The molecule has 2 heteroatoms. The molecule has 0 aliphatic rings. The van der Waals surface area contributed by atoms with Crippen LogP contribution < -0.4 is 0 Å². The summed E-state index contributed by atoms with van der Waals surface area (Å²) in [6, 6.07) is 6.47. The zero-order valence-corrected chi connectivity index (χ0v) is 8.34. The van der Waals surface area contributed by atoms with Crippen molar-refractivity contribution in [2.45, 2.75) is 6.92 Å². The molecule has 11 heavy (non-hydrogen) atoms. The Kier molecular flexibility index (Phi) is 1.64. The molecule has 0 aliphatic heterocycles. The van der Waals surface area contributed by atoms with E-state index in [1.807, 2.05) is 6.20 Å². The van der Waals surface area contributed by atoms with Gasteiger partial charge in [0.05, 0.1) is 0 Å². The van der Waals surface area contributed by atoms with Gasteiger partial charge in [-0.1, -0.05) is 0 Å². The van der Waals surface area contributed by atoms with Gasteiger partial charge in [0, 0.05) is 15.3 Å². The fraction of sp³-hybridized carbons (Fsp3) is 0.111. The maximum absolute atomic E-state index is 3.18. The zero-order valence-electron chi connectivity index (χ0n) is 6.19. The second kappa shape index (κ2) is 2.52. The molecule has 2 rings (SSSR count). The van der Waals surface area contributed by atoms with Crippen LogP contribution in [0, 0.1) is 10.5 Å². The number of aryl methyl sites for hydroxylation is 1. The fourth-order valence-electron chi connectivity index (χ4n) is 1.19. The number of benzene rings is 1. The van der Waals surface area contributed by atoms with Gasteiger partial charge in [0.15, 0.2) is 0 Å². The number of hydrogen-bond donors (Lipinski definition) is 1. The van der Waals surface area contributed by atoms with Crippen LogP contribution in [-0.2, 0) is 0 Å². The molecule has 1 N–H and O–H groups in total. The third-order valence-electron chi connectivity index (χ3n) is 1.83. The van der Waals surface area contributed by atoms with E-state index in [1.165, 1.54) is 20.0 Å². The first-order valence-corrected chi connectivity index (χ1v) is 4.58. The average Bonchev–Trinajstić information content (AvgIpc) is 2.36. The van der Waals surface area contributed by atoms with Crippen molar-refractivity contribution in [3.63, 3.8) is 0 Å².